The van der Waals surface area contributed by atoms with Gasteiger partial charge in [-0.1, -0.05) is 26.7 Å². The first-order valence-corrected chi connectivity index (χ1v) is 5.56. The van der Waals surface area contributed by atoms with Crippen LogP contribution in [-0.4, -0.2) is 29.4 Å². The van der Waals surface area contributed by atoms with Crippen LogP contribution >= 0.6 is 0 Å². The van der Waals surface area contributed by atoms with Crippen molar-refractivity contribution in [2.75, 3.05) is 7.05 Å². The molecular weight excluding hydrogens is 190 g/mol. The van der Waals surface area contributed by atoms with Gasteiger partial charge in [0.25, 0.3) is 0 Å². The number of carbonyl (C=O) groups is 1. The third-order valence-electron chi connectivity index (χ3n) is 4.23. The van der Waals surface area contributed by atoms with Gasteiger partial charge in [0.15, 0.2) is 0 Å². The summed E-state index contributed by atoms with van der Waals surface area (Å²) in [5.74, 6) is 0.389. The van der Waals surface area contributed by atoms with Gasteiger partial charge in [0.05, 0.1) is 0 Å². The standard InChI is InChI=1S/C11H19N3O/c1-10(2)6-4-5-7-11(10)8(12)13-9(15)14(11)3/h4-7H2,1-3H3,(H2,12,13,15). The molecule has 2 amide bonds. The van der Waals surface area contributed by atoms with Crippen LogP contribution in [-0.2, 0) is 0 Å². The Bertz CT molecular complexity index is 324. The van der Waals surface area contributed by atoms with E-state index in [2.05, 4.69) is 19.2 Å². The summed E-state index contributed by atoms with van der Waals surface area (Å²) in [6.45, 7) is 4.33. The zero-order chi connectivity index (χ0) is 11.3. The van der Waals surface area contributed by atoms with Crippen LogP contribution in [0.5, 0.6) is 0 Å². The molecule has 1 unspecified atom stereocenters. The van der Waals surface area contributed by atoms with Crippen molar-refractivity contribution < 1.29 is 4.79 Å². The van der Waals surface area contributed by atoms with Gasteiger partial charge in [-0.05, 0) is 18.3 Å². The van der Waals surface area contributed by atoms with Crippen LogP contribution in [0.2, 0.25) is 0 Å². The summed E-state index contributed by atoms with van der Waals surface area (Å²) in [6.07, 6.45) is 4.29. The number of nitrogens with one attached hydrogen (secondary N) is 2. The summed E-state index contributed by atoms with van der Waals surface area (Å²) in [5.41, 5.74) is -0.390. The lowest BCUT2D eigenvalue weighted by Crippen LogP contribution is -2.59. The minimum absolute atomic E-state index is 0.00373. The van der Waals surface area contributed by atoms with Crippen molar-refractivity contribution >= 4 is 11.9 Å². The first-order valence-electron chi connectivity index (χ1n) is 5.56. The summed E-state index contributed by atoms with van der Waals surface area (Å²) in [6, 6.07) is -0.130. The van der Waals surface area contributed by atoms with E-state index >= 15 is 0 Å². The van der Waals surface area contributed by atoms with Gasteiger partial charge in [-0.2, -0.15) is 0 Å². The third kappa shape index (κ3) is 1.13. The van der Waals surface area contributed by atoms with E-state index in [1.807, 2.05) is 7.05 Å². The fraction of sp³-hybridized carbons (Fsp3) is 0.818. The van der Waals surface area contributed by atoms with Gasteiger partial charge in [-0.15, -0.1) is 0 Å². The molecule has 0 aromatic heterocycles. The van der Waals surface area contributed by atoms with Crippen molar-refractivity contribution in [3.63, 3.8) is 0 Å². The molecule has 0 aromatic rings. The smallest absolute Gasteiger partial charge is 0.314 e. The van der Waals surface area contributed by atoms with E-state index in [0.29, 0.717) is 5.84 Å². The highest BCUT2D eigenvalue weighted by molar-refractivity contribution is 6.08. The minimum Gasteiger partial charge on any atom is -0.314 e. The number of carbonyl (C=O) groups excluding carboxylic acids is 1. The molecule has 2 aliphatic rings. The zero-order valence-electron chi connectivity index (χ0n) is 9.68. The van der Waals surface area contributed by atoms with E-state index in [1.165, 1.54) is 6.42 Å². The maximum atomic E-state index is 11.6. The molecule has 84 valence electrons. The number of likely N-dealkylation sites (N-methyl/N-ethyl adjacent to an activating group) is 1. The van der Waals surface area contributed by atoms with Gasteiger partial charge in [0.2, 0.25) is 0 Å². The van der Waals surface area contributed by atoms with Crippen LogP contribution < -0.4 is 5.32 Å². The molecule has 4 nitrogen and oxygen atoms in total. The summed E-state index contributed by atoms with van der Waals surface area (Å²) < 4.78 is 0. The SMILES string of the molecule is CN1C(=O)NC(=N)C12CCCCC2(C)C. The summed E-state index contributed by atoms with van der Waals surface area (Å²) in [7, 11) is 1.81. The van der Waals surface area contributed by atoms with Crippen LogP contribution in [0, 0.1) is 10.8 Å². The van der Waals surface area contributed by atoms with Gasteiger partial charge in [-0.3, -0.25) is 10.7 Å². The predicted octanol–water partition coefficient (Wildman–Crippen LogP) is 1.96. The number of urea groups is 1. The lowest BCUT2D eigenvalue weighted by Gasteiger charge is -2.50. The normalized spacial score (nSPS) is 34.7. The van der Waals surface area contributed by atoms with Crippen molar-refractivity contribution in [1.82, 2.24) is 10.2 Å². The molecule has 15 heavy (non-hydrogen) atoms. The summed E-state index contributed by atoms with van der Waals surface area (Å²) >= 11 is 0. The number of hydrogen-bond donors (Lipinski definition) is 2. The molecule has 1 aliphatic carbocycles. The predicted molar refractivity (Wildman–Crippen MR) is 59.0 cm³/mol. The molecule has 1 spiro atoms. The topological polar surface area (TPSA) is 56.2 Å². The lowest BCUT2D eigenvalue weighted by atomic mass is 9.62. The highest BCUT2D eigenvalue weighted by Crippen LogP contribution is 2.48. The Balaban J connectivity index is 2.46. The largest absolute Gasteiger partial charge is 0.323 e. The van der Waals surface area contributed by atoms with Crippen molar-refractivity contribution in [3.05, 3.63) is 0 Å². The molecule has 1 saturated heterocycles. The third-order valence-corrected chi connectivity index (χ3v) is 4.23. The number of amidine groups is 1. The lowest BCUT2D eigenvalue weighted by molar-refractivity contribution is 0.0549. The Labute approximate surface area is 90.5 Å². The first-order chi connectivity index (χ1) is 6.92. The number of nitrogens with zero attached hydrogens (tertiary/aromatic N) is 1. The molecule has 0 aromatic carbocycles. The average Bonchev–Trinajstić information content (AvgIpc) is 2.35. The van der Waals surface area contributed by atoms with Crippen LogP contribution in [0.15, 0.2) is 0 Å². The number of hydrogen-bond acceptors (Lipinski definition) is 2. The van der Waals surface area contributed by atoms with E-state index < -0.39 is 0 Å². The van der Waals surface area contributed by atoms with Gasteiger partial charge >= 0.3 is 6.03 Å². The summed E-state index contributed by atoms with van der Waals surface area (Å²) in [4.78, 5) is 13.4. The van der Waals surface area contributed by atoms with Crippen molar-refractivity contribution in [1.29, 1.82) is 5.41 Å². The fourth-order valence-corrected chi connectivity index (χ4v) is 3.21. The molecule has 1 atom stereocenters. The maximum absolute atomic E-state index is 11.6. The molecule has 1 heterocycles. The van der Waals surface area contributed by atoms with Crippen LogP contribution in [0.3, 0.4) is 0 Å². The van der Waals surface area contributed by atoms with E-state index in [9.17, 15) is 4.79 Å². The van der Waals surface area contributed by atoms with Crippen LogP contribution in [0.25, 0.3) is 0 Å². The second kappa shape index (κ2) is 2.97. The molecule has 2 rings (SSSR count). The fourth-order valence-electron chi connectivity index (χ4n) is 3.21. The quantitative estimate of drug-likeness (QED) is 0.629. The highest BCUT2D eigenvalue weighted by atomic mass is 16.2. The van der Waals surface area contributed by atoms with Gasteiger partial charge in [0.1, 0.15) is 11.4 Å². The molecule has 4 heteroatoms. The van der Waals surface area contributed by atoms with Crippen molar-refractivity contribution in [2.24, 2.45) is 5.41 Å². The zero-order valence-corrected chi connectivity index (χ0v) is 9.68. The van der Waals surface area contributed by atoms with Gasteiger partial charge in [-0.25, -0.2) is 4.79 Å². The second-order valence-corrected chi connectivity index (χ2v) is 5.32. The molecule has 1 aliphatic heterocycles. The van der Waals surface area contributed by atoms with E-state index in [1.54, 1.807) is 4.90 Å². The van der Waals surface area contributed by atoms with Crippen LogP contribution in [0.4, 0.5) is 4.79 Å². The average molecular weight is 209 g/mol. The van der Waals surface area contributed by atoms with Gasteiger partial charge < -0.3 is 4.90 Å². The monoisotopic (exact) mass is 209 g/mol. The Morgan fingerprint density at radius 1 is 1.33 bits per heavy atom. The Hall–Kier alpha value is -1.06. The molecular formula is C11H19N3O. The minimum atomic E-state index is -0.387. The Morgan fingerprint density at radius 3 is 2.40 bits per heavy atom. The summed E-state index contributed by atoms with van der Waals surface area (Å²) in [5, 5.41) is 10.7. The second-order valence-electron chi connectivity index (χ2n) is 5.32. The molecule has 0 radical (unpaired) electrons. The molecule has 2 N–H and O–H groups in total. The number of amides is 2. The maximum Gasteiger partial charge on any atom is 0.323 e. The van der Waals surface area contributed by atoms with E-state index in [0.717, 1.165) is 19.3 Å². The van der Waals surface area contributed by atoms with Crippen LogP contribution in [0.1, 0.15) is 39.5 Å². The highest BCUT2D eigenvalue weighted by Gasteiger charge is 2.58. The van der Waals surface area contributed by atoms with Gasteiger partial charge in [0, 0.05) is 7.05 Å². The first kappa shape index (κ1) is 10.5. The molecule has 1 saturated carbocycles. The Morgan fingerprint density at radius 2 is 1.93 bits per heavy atom. The molecule has 0 bridgehead atoms. The van der Waals surface area contributed by atoms with Crippen molar-refractivity contribution in [3.8, 4) is 0 Å². The number of rotatable bonds is 0. The van der Waals surface area contributed by atoms with E-state index in [4.69, 9.17) is 5.41 Å². The van der Waals surface area contributed by atoms with E-state index in [-0.39, 0.29) is 17.0 Å². The van der Waals surface area contributed by atoms with Crippen molar-refractivity contribution in [2.45, 2.75) is 45.1 Å². The Kier molecular flexibility index (Phi) is 2.07. The molecule has 2 fully saturated rings.